The molecule has 3 aromatic heterocycles. The Morgan fingerprint density at radius 1 is 0.311 bits per heavy atom. The van der Waals surface area contributed by atoms with E-state index in [0.29, 0.717) is 19.3 Å². The van der Waals surface area contributed by atoms with Gasteiger partial charge in [0.1, 0.15) is 0 Å². The quantitative estimate of drug-likeness (QED) is 0.253. The van der Waals surface area contributed by atoms with E-state index >= 15 is 0 Å². The monoisotopic (exact) mass is 597 g/mol. The van der Waals surface area contributed by atoms with Gasteiger partial charge in [0.05, 0.1) is 32.3 Å². The summed E-state index contributed by atoms with van der Waals surface area (Å²) in [6.45, 7) is -0.00112. The number of hydrogen-bond donors (Lipinski definition) is 0. The average molecular weight is 598 g/mol. The van der Waals surface area contributed by atoms with Gasteiger partial charge in [-0.1, -0.05) is 91.0 Å². The molecule has 0 amide bonds. The van der Waals surface area contributed by atoms with Crippen LogP contribution in [0.4, 0.5) is 0 Å². The molecule has 0 atom stereocenters. The first-order valence-electron chi connectivity index (χ1n) is 14.8. The van der Waals surface area contributed by atoms with Gasteiger partial charge in [0, 0.05) is 19.6 Å². The van der Waals surface area contributed by atoms with E-state index in [4.69, 9.17) is 0 Å². The van der Waals surface area contributed by atoms with Gasteiger partial charge in [0.15, 0.2) is 0 Å². The van der Waals surface area contributed by atoms with Crippen molar-refractivity contribution in [3.63, 3.8) is 0 Å². The van der Waals surface area contributed by atoms with E-state index in [2.05, 4.69) is 0 Å². The smallest absolute Gasteiger partial charge is 0.262 e. The molecule has 0 N–H and O–H groups in total. The Morgan fingerprint density at radius 3 is 0.711 bits per heavy atom. The van der Waals surface area contributed by atoms with Crippen molar-refractivity contribution in [1.82, 2.24) is 13.7 Å². The molecule has 7 rings (SSSR count). The summed E-state index contributed by atoms with van der Waals surface area (Å²) in [6.07, 6.45) is 1.05. The summed E-state index contributed by atoms with van der Waals surface area (Å²) in [4.78, 5) is 83.5. The lowest BCUT2D eigenvalue weighted by molar-refractivity contribution is 0.663. The van der Waals surface area contributed by atoms with Crippen molar-refractivity contribution in [3.05, 3.63) is 170 Å². The lowest BCUT2D eigenvalue weighted by atomic mass is 10.0. The Kier molecular flexibility index (Phi) is 6.93. The van der Waals surface area contributed by atoms with Crippen LogP contribution in [-0.4, -0.2) is 13.7 Å². The van der Waals surface area contributed by atoms with Gasteiger partial charge in [-0.05, 0) is 36.0 Å². The van der Waals surface area contributed by atoms with Crippen LogP contribution in [0, 0.1) is 0 Å². The molecule has 0 aliphatic rings. The van der Waals surface area contributed by atoms with E-state index in [1.54, 1.807) is 0 Å². The lowest BCUT2D eigenvalue weighted by Gasteiger charge is -2.01. The van der Waals surface area contributed by atoms with Crippen LogP contribution in [0.15, 0.2) is 120 Å². The summed E-state index contributed by atoms with van der Waals surface area (Å²) in [6, 6.07) is 27.9. The van der Waals surface area contributed by atoms with E-state index in [-0.39, 0.29) is 52.0 Å². The van der Waals surface area contributed by atoms with Crippen LogP contribution in [0.1, 0.15) is 16.7 Å². The summed E-state index contributed by atoms with van der Waals surface area (Å²) in [5.41, 5.74) is -1.84. The van der Waals surface area contributed by atoms with Gasteiger partial charge >= 0.3 is 0 Å². The Labute approximate surface area is 254 Å². The van der Waals surface area contributed by atoms with Gasteiger partial charge in [-0.3, -0.25) is 42.5 Å². The minimum Gasteiger partial charge on any atom is -0.274 e. The van der Waals surface area contributed by atoms with Crippen LogP contribution in [0.2, 0.25) is 0 Å². The first-order valence-corrected chi connectivity index (χ1v) is 14.8. The molecule has 0 fully saturated rings. The SMILES string of the molecule is O=c1c2c3c(=O)n(CCc4ccccc4)c(=O)c3c3c(=O)n(CCc4ccccc4)c(=O)c3c2c(=O)n1CCc1ccccc1. The zero-order chi connectivity index (χ0) is 31.2. The van der Waals surface area contributed by atoms with Crippen molar-refractivity contribution in [2.45, 2.75) is 38.9 Å². The molecule has 0 radical (unpaired) electrons. The van der Waals surface area contributed by atoms with E-state index in [1.165, 1.54) is 0 Å². The predicted molar refractivity (Wildman–Crippen MR) is 175 cm³/mol. The second kappa shape index (κ2) is 11.1. The Bertz CT molecular complexity index is 2120. The molecule has 0 bridgehead atoms. The van der Waals surface area contributed by atoms with E-state index in [1.807, 2.05) is 91.0 Å². The molecule has 7 aromatic rings. The average Bonchev–Trinajstić information content (AvgIpc) is 3.57. The molecule has 9 heteroatoms. The lowest BCUT2D eigenvalue weighted by Crippen LogP contribution is -2.27. The number of aryl methyl sites for hydroxylation is 3. The van der Waals surface area contributed by atoms with Gasteiger partial charge in [-0.15, -0.1) is 0 Å². The third-order valence-corrected chi connectivity index (χ3v) is 8.65. The second-order valence-electron chi connectivity index (χ2n) is 11.2. The van der Waals surface area contributed by atoms with Crippen molar-refractivity contribution in [2.75, 3.05) is 0 Å². The van der Waals surface area contributed by atoms with Crippen LogP contribution >= 0.6 is 0 Å². The van der Waals surface area contributed by atoms with Crippen molar-refractivity contribution >= 4 is 32.3 Å². The summed E-state index contributed by atoms with van der Waals surface area (Å²) in [5.74, 6) is 0. The predicted octanol–water partition coefficient (Wildman–Crippen LogP) is 2.75. The van der Waals surface area contributed by atoms with Gasteiger partial charge in [0.2, 0.25) is 0 Å². The standard InChI is InChI=1S/C36H27N3O6/c40-31-25-26(32(41)37(31)19-16-22-10-4-1-5-11-22)28-30(36(45)39(34(28)43)21-18-24-14-8-3-9-15-24)29-27(25)33(42)38(35(29)44)20-17-23-12-6-2-7-13-23/h1-15H,16-21H2. The molecular weight excluding hydrogens is 570 g/mol. The van der Waals surface area contributed by atoms with E-state index in [9.17, 15) is 28.8 Å². The number of benzene rings is 4. The zero-order valence-corrected chi connectivity index (χ0v) is 24.2. The number of aromatic nitrogens is 3. The highest BCUT2D eigenvalue weighted by Crippen LogP contribution is 2.26. The molecule has 0 aliphatic heterocycles. The fraction of sp³-hybridized carbons (Fsp3) is 0.167. The van der Waals surface area contributed by atoms with E-state index in [0.717, 1.165) is 30.4 Å². The Morgan fingerprint density at radius 2 is 0.511 bits per heavy atom. The molecule has 45 heavy (non-hydrogen) atoms. The molecule has 3 heterocycles. The van der Waals surface area contributed by atoms with Crippen LogP contribution < -0.4 is 33.4 Å². The van der Waals surface area contributed by atoms with Crippen molar-refractivity contribution in [1.29, 1.82) is 0 Å². The maximum absolute atomic E-state index is 13.9. The molecule has 0 aliphatic carbocycles. The molecule has 9 nitrogen and oxygen atoms in total. The first-order chi connectivity index (χ1) is 21.9. The normalized spacial score (nSPS) is 11.7. The summed E-state index contributed by atoms with van der Waals surface area (Å²) >= 11 is 0. The van der Waals surface area contributed by atoms with Gasteiger partial charge < -0.3 is 0 Å². The fourth-order valence-electron chi connectivity index (χ4n) is 6.39. The maximum atomic E-state index is 13.9. The fourth-order valence-corrected chi connectivity index (χ4v) is 6.39. The second-order valence-corrected chi connectivity index (χ2v) is 11.2. The summed E-state index contributed by atoms with van der Waals surface area (Å²) < 4.78 is 3.02. The van der Waals surface area contributed by atoms with Crippen LogP contribution in [0.3, 0.4) is 0 Å². The van der Waals surface area contributed by atoms with Gasteiger partial charge in [-0.25, -0.2) is 0 Å². The number of fused-ring (bicyclic) bond motifs is 6. The van der Waals surface area contributed by atoms with Crippen LogP contribution in [0.5, 0.6) is 0 Å². The van der Waals surface area contributed by atoms with E-state index < -0.39 is 33.4 Å². The van der Waals surface area contributed by atoms with Crippen LogP contribution in [-0.2, 0) is 38.9 Å². The highest BCUT2D eigenvalue weighted by atomic mass is 16.2. The summed E-state index contributed by atoms with van der Waals surface area (Å²) in [7, 11) is 0. The number of nitrogens with zero attached hydrogens (tertiary/aromatic N) is 3. The molecule has 0 spiro atoms. The third-order valence-electron chi connectivity index (χ3n) is 8.65. The van der Waals surface area contributed by atoms with Crippen molar-refractivity contribution in [2.24, 2.45) is 0 Å². The topological polar surface area (TPSA) is 117 Å². The van der Waals surface area contributed by atoms with Crippen molar-refractivity contribution in [3.8, 4) is 0 Å². The third kappa shape index (κ3) is 4.55. The Balaban J connectivity index is 1.49. The number of rotatable bonds is 9. The van der Waals surface area contributed by atoms with Gasteiger partial charge in [-0.2, -0.15) is 0 Å². The molecule has 0 saturated carbocycles. The summed E-state index contributed by atoms with van der Waals surface area (Å²) in [5, 5.41) is -1.62. The largest absolute Gasteiger partial charge is 0.274 e. The minimum atomic E-state index is -0.751. The first kappa shape index (κ1) is 28.1. The molecule has 222 valence electrons. The maximum Gasteiger partial charge on any atom is 0.262 e. The molecule has 4 aromatic carbocycles. The highest BCUT2D eigenvalue weighted by Gasteiger charge is 2.30. The minimum absolute atomic E-state index is 0.000374. The molecular formula is C36H27N3O6. The molecule has 0 saturated heterocycles. The zero-order valence-electron chi connectivity index (χ0n) is 24.2. The van der Waals surface area contributed by atoms with Gasteiger partial charge in [0.25, 0.3) is 33.4 Å². The Hall–Kier alpha value is -5.70. The van der Waals surface area contributed by atoms with Crippen molar-refractivity contribution < 1.29 is 0 Å². The molecule has 0 unspecified atom stereocenters. The van der Waals surface area contributed by atoms with Crippen LogP contribution in [0.25, 0.3) is 32.3 Å². The highest BCUT2D eigenvalue weighted by molar-refractivity contribution is 6.25. The number of hydrogen-bond acceptors (Lipinski definition) is 6.